The summed E-state index contributed by atoms with van der Waals surface area (Å²) in [5, 5.41) is 35.6. The quantitative estimate of drug-likeness (QED) is 0.268. The zero-order valence-corrected chi connectivity index (χ0v) is 26.3. The summed E-state index contributed by atoms with van der Waals surface area (Å²) < 4.78 is 33.2. The second kappa shape index (κ2) is 12.4. The van der Waals surface area contributed by atoms with E-state index in [9.17, 15) is 15.2 Å². The van der Waals surface area contributed by atoms with Gasteiger partial charge in [-0.15, -0.1) is 0 Å². The Kier molecular flexibility index (Phi) is 9.09. The van der Waals surface area contributed by atoms with E-state index < -0.39 is 46.6 Å². The van der Waals surface area contributed by atoms with Crippen LogP contribution in [0.5, 0.6) is 0 Å². The number of carbonyl (C=O) groups is 1. The molecular weight excluding hydrogens is 609 g/mol. The van der Waals surface area contributed by atoms with Crippen LogP contribution in [0.2, 0.25) is 10.0 Å². The fourth-order valence-corrected chi connectivity index (χ4v) is 6.97. The molecule has 3 heterocycles. The number of amides is 1. The summed E-state index contributed by atoms with van der Waals surface area (Å²) >= 11 is 12.3. The molecule has 0 spiro atoms. The van der Waals surface area contributed by atoms with Gasteiger partial charge >= 0.3 is 0 Å². The summed E-state index contributed by atoms with van der Waals surface area (Å²) in [5.41, 5.74) is -3.00. The normalized spacial score (nSPS) is 25.0. The summed E-state index contributed by atoms with van der Waals surface area (Å²) in [5.74, 6) is -3.07. The van der Waals surface area contributed by atoms with Crippen LogP contribution in [0.25, 0.3) is 0 Å². The lowest BCUT2D eigenvalue weighted by Gasteiger charge is -2.37. The number of benzene rings is 2. The smallest absolute Gasteiger partial charge is 0.243 e. The van der Waals surface area contributed by atoms with E-state index in [-0.39, 0.29) is 38.9 Å². The van der Waals surface area contributed by atoms with Crippen molar-refractivity contribution in [3.63, 3.8) is 0 Å². The van der Waals surface area contributed by atoms with Gasteiger partial charge in [-0.05, 0) is 61.5 Å². The maximum absolute atomic E-state index is 15.8. The minimum atomic E-state index is -1.73. The van der Waals surface area contributed by atoms with Crippen LogP contribution in [0, 0.1) is 28.4 Å². The molecular formula is C32H36Cl2F2N6O2. The highest BCUT2D eigenvalue weighted by Crippen LogP contribution is 2.52. The van der Waals surface area contributed by atoms with Crippen molar-refractivity contribution >= 4 is 34.9 Å². The molecule has 234 valence electrons. The number of nitriles is 1. The van der Waals surface area contributed by atoms with E-state index in [0.29, 0.717) is 32.4 Å². The van der Waals surface area contributed by atoms with Gasteiger partial charge in [0.25, 0.3) is 0 Å². The topological polar surface area (TPSA) is 115 Å². The Labute approximate surface area is 265 Å². The van der Waals surface area contributed by atoms with Gasteiger partial charge in [-0.3, -0.25) is 9.48 Å². The number of nitrogens with one attached hydrogen (secondary N) is 3. The number of halogens is 4. The number of anilines is 1. The number of piperidine rings is 1. The Balaban J connectivity index is 1.57. The molecule has 1 amide bonds. The van der Waals surface area contributed by atoms with Gasteiger partial charge in [-0.1, -0.05) is 62.2 Å². The van der Waals surface area contributed by atoms with Crippen molar-refractivity contribution in [1.82, 2.24) is 20.4 Å². The Morgan fingerprint density at radius 1 is 1.20 bits per heavy atom. The SMILES string of the molecule is CC(C)(C)C[C@@H]1N[C@@H](C(=O)Nc2ccn(CC3(O)CCNCC3)n2)[C@H](c2cccc(Cl)c2F)[C@@]1(C#N)c1ccc(Cl)cc1F. The third-order valence-corrected chi connectivity index (χ3v) is 9.14. The van der Waals surface area contributed by atoms with Crippen LogP contribution < -0.4 is 16.0 Å². The number of carbonyl (C=O) groups excluding carboxylic acids is 1. The molecule has 0 aliphatic carbocycles. The largest absolute Gasteiger partial charge is 0.388 e. The average Bonchev–Trinajstić information content (AvgIpc) is 3.51. The highest BCUT2D eigenvalue weighted by atomic mass is 35.5. The van der Waals surface area contributed by atoms with Crippen LogP contribution >= 0.6 is 23.2 Å². The van der Waals surface area contributed by atoms with Gasteiger partial charge in [0.2, 0.25) is 5.91 Å². The lowest BCUT2D eigenvalue weighted by atomic mass is 9.62. The summed E-state index contributed by atoms with van der Waals surface area (Å²) in [6.07, 6.45) is 3.16. The summed E-state index contributed by atoms with van der Waals surface area (Å²) in [4.78, 5) is 14.1. The van der Waals surface area contributed by atoms with Crippen molar-refractivity contribution < 1.29 is 18.7 Å². The van der Waals surface area contributed by atoms with Crippen molar-refractivity contribution in [3.05, 3.63) is 81.5 Å². The predicted molar refractivity (Wildman–Crippen MR) is 166 cm³/mol. The molecule has 2 aliphatic rings. The first-order chi connectivity index (χ1) is 20.8. The van der Waals surface area contributed by atoms with Gasteiger partial charge in [0, 0.05) is 34.8 Å². The predicted octanol–water partition coefficient (Wildman–Crippen LogP) is 5.54. The monoisotopic (exact) mass is 644 g/mol. The van der Waals surface area contributed by atoms with Crippen molar-refractivity contribution in [3.8, 4) is 6.07 Å². The van der Waals surface area contributed by atoms with Gasteiger partial charge in [-0.25, -0.2) is 8.78 Å². The molecule has 4 atom stereocenters. The maximum atomic E-state index is 15.8. The fourth-order valence-electron chi connectivity index (χ4n) is 6.63. The van der Waals surface area contributed by atoms with E-state index >= 15 is 8.78 Å². The number of aromatic nitrogens is 2. The second-order valence-corrected chi connectivity index (χ2v) is 13.9. The molecule has 0 unspecified atom stereocenters. The molecule has 2 saturated heterocycles. The first kappa shape index (κ1) is 32.3. The second-order valence-electron chi connectivity index (χ2n) is 13.0. The molecule has 3 aromatic rings. The fraction of sp³-hybridized carbons (Fsp3) is 0.469. The number of hydrogen-bond acceptors (Lipinski definition) is 6. The van der Waals surface area contributed by atoms with Crippen LogP contribution in [0.4, 0.5) is 14.6 Å². The van der Waals surface area contributed by atoms with Crippen LogP contribution in [-0.2, 0) is 16.8 Å². The summed E-state index contributed by atoms with van der Waals surface area (Å²) in [6, 6.07) is 10.4. The van der Waals surface area contributed by atoms with Crippen molar-refractivity contribution in [2.45, 2.75) is 75.6 Å². The average molecular weight is 646 g/mol. The molecule has 12 heteroatoms. The van der Waals surface area contributed by atoms with E-state index in [2.05, 4.69) is 27.1 Å². The molecule has 4 N–H and O–H groups in total. The standard InChI is InChI=1S/C32H36Cl2F2N6O2/c1-30(2,3)16-24-32(17-37,21-8-7-19(33)15-23(21)35)26(20-5-4-6-22(34)27(20)36)28(39-24)29(43)40-25-9-14-42(41-25)18-31(44)10-12-38-13-11-31/h4-9,14-15,24,26,28,38-39,44H,10-13,16,18H2,1-3H3,(H,40,41,43)/t24-,26-,28+,32-/m0/s1. The van der Waals surface area contributed by atoms with Gasteiger partial charge in [0.05, 0.1) is 29.3 Å². The van der Waals surface area contributed by atoms with E-state index in [1.54, 1.807) is 23.0 Å². The van der Waals surface area contributed by atoms with Gasteiger partial charge in [-0.2, -0.15) is 10.4 Å². The van der Waals surface area contributed by atoms with Gasteiger partial charge in [0.1, 0.15) is 17.0 Å². The molecule has 0 radical (unpaired) electrons. The Morgan fingerprint density at radius 3 is 2.59 bits per heavy atom. The molecule has 0 saturated carbocycles. The van der Waals surface area contributed by atoms with Crippen LogP contribution in [-0.4, -0.2) is 51.6 Å². The minimum Gasteiger partial charge on any atom is -0.388 e. The molecule has 0 bridgehead atoms. The van der Waals surface area contributed by atoms with E-state index in [0.717, 1.165) is 6.07 Å². The van der Waals surface area contributed by atoms with Crippen LogP contribution in [0.3, 0.4) is 0 Å². The molecule has 1 aromatic heterocycles. The highest BCUT2D eigenvalue weighted by Gasteiger charge is 2.61. The van der Waals surface area contributed by atoms with Crippen LogP contribution in [0.1, 0.15) is 57.1 Å². The van der Waals surface area contributed by atoms with Crippen molar-refractivity contribution in [1.29, 1.82) is 5.26 Å². The van der Waals surface area contributed by atoms with E-state index in [1.807, 2.05) is 20.8 Å². The zero-order valence-electron chi connectivity index (χ0n) is 24.8. The van der Waals surface area contributed by atoms with Crippen molar-refractivity contribution in [2.75, 3.05) is 18.4 Å². The number of hydrogen-bond donors (Lipinski definition) is 4. The van der Waals surface area contributed by atoms with Gasteiger partial charge < -0.3 is 21.1 Å². The molecule has 2 fully saturated rings. The Hall–Kier alpha value is -3.07. The molecule has 5 rings (SSSR count). The van der Waals surface area contributed by atoms with E-state index in [4.69, 9.17) is 23.2 Å². The highest BCUT2D eigenvalue weighted by molar-refractivity contribution is 6.31. The van der Waals surface area contributed by atoms with Crippen LogP contribution in [0.15, 0.2) is 48.7 Å². The van der Waals surface area contributed by atoms with Crippen molar-refractivity contribution in [2.24, 2.45) is 5.41 Å². The van der Waals surface area contributed by atoms with Gasteiger partial charge in [0.15, 0.2) is 5.82 Å². The lowest BCUT2D eigenvalue weighted by Crippen LogP contribution is -2.45. The lowest BCUT2D eigenvalue weighted by molar-refractivity contribution is -0.118. The zero-order chi connectivity index (χ0) is 31.9. The Bertz CT molecular complexity index is 1580. The minimum absolute atomic E-state index is 0.00492. The van der Waals surface area contributed by atoms with E-state index in [1.165, 1.54) is 24.3 Å². The molecule has 2 aliphatic heterocycles. The Morgan fingerprint density at radius 2 is 1.93 bits per heavy atom. The molecule has 2 aromatic carbocycles. The first-order valence-electron chi connectivity index (χ1n) is 14.6. The third-order valence-electron chi connectivity index (χ3n) is 8.61. The first-order valence-corrected chi connectivity index (χ1v) is 15.4. The molecule has 8 nitrogen and oxygen atoms in total. The summed E-state index contributed by atoms with van der Waals surface area (Å²) in [7, 11) is 0. The molecule has 44 heavy (non-hydrogen) atoms. The third kappa shape index (κ3) is 6.35. The maximum Gasteiger partial charge on any atom is 0.243 e. The summed E-state index contributed by atoms with van der Waals surface area (Å²) in [6.45, 7) is 7.56. The number of nitrogens with zero attached hydrogens (tertiary/aromatic N) is 3. The number of aliphatic hydroxyl groups is 1. The number of rotatable bonds is 7.